The van der Waals surface area contributed by atoms with E-state index in [9.17, 15) is 9.59 Å². The lowest BCUT2D eigenvalue weighted by molar-refractivity contribution is -0.0116. The van der Waals surface area contributed by atoms with Gasteiger partial charge in [-0.15, -0.1) is 0 Å². The predicted octanol–water partition coefficient (Wildman–Crippen LogP) is 5.46. The molecule has 4 heterocycles. The molecule has 9 nitrogen and oxygen atoms in total. The number of aromatic nitrogens is 2. The molecule has 3 saturated heterocycles. The Kier molecular flexibility index (Phi) is 9.48. The first-order valence-corrected chi connectivity index (χ1v) is 17.3. The quantitative estimate of drug-likeness (QED) is 0.424. The molecule has 45 heavy (non-hydrogen) atoms. The molecule has 2 aromatic rings. The zero-order valence-electron chi connectivity index (χ0n) is 27.8. The molecule has 1 atom stereocenters. The SMILES string of the molecule is CCOC1CCC(C[C@@]2(c3ccccc3)CNC(=O)N2C2CCN(C3(C)CCN(C(=O)c4c(C)ncnc4C)CC3)CC2)CC1. The minimum atomic E-state index is -0.318. The molecule has 9 heteroatoms. The number of benzene rings is 1. The van der Waals surface area contributed by atoms with E-state index in [1.54, 1.807) is 0 Å². The van der Waals surface area contributed by atoms with Crippen LogP contribution in [0.2, 0.25) is 0 Å². The van der Waals surface area contributed by atoms with Crippen molar-refractivity contribution < 1.29 is 14.3 Å². The number of carbonyl (C=O) groups is 2. The average molecular weight is 617 g/mol. The summed E-state index contributed by atoms with van der Waals surface area (Å²) in [5, 5.41) is 3.30. The van der Waals surface area contributed by atoms with Crippen molar-refractivity contribution in [2.45, 2.75) is 109 Å². The molecule has 1 aromatic heterocycles. The summed E-state index contributed by atoms with van der Waals surface area (Å²) in [6.45, 7) is 13.1. The molecule has 0 bridgehead atoms. The van der Waals surface area contributed by atoms with Gasteiger partial charge >= 0.3 is 6.03 Å². The molecule has 3 amide bonds. The van der Waals surface area contributed by atoms with E-state index in [2.05, 4.69) is 69.3 Å². The number of hydrogen-bond acceptors (Lipinski definition) is 6. The highest BCUT2D eigenvalue weighted by Gasteiger charge is 2.52. The van der Waals surface area contributed by atoms with Crippen molar-refractivity contribution in [1.82, 2.24) is 30.0 Å². The standard InChI is InChI=1S/C36H52N6O3/c1-5-45-31-13-11-28(12-14-31)23-36(29-9-7-6-8-10-29)24-37-34(44)42(36)30-15-19-41(20-16-30)35(4)17-21-40(22-18-35)33(43)32-26(2)38-25-39-27(32)3/h6-10,25,28,30-31H,5,11-24H2,1-4H3,(H,37,44)/t28?,31?,36-/m0/s1. The smallest absolute Gasteiger partial charge is 0.318 e. The molecule has 244 valence electrons. The van der Waals surface area contributed by atoms with Crippen molar-refractivity contribution >= 4 is 11.9 Å². The predicted molar refractivity (Wildman–Crippen MR) is 175 cm³/mol. The van der Waals surface area contributed by atoms with Crippen molar-refractivity contribution in [1.29, 1.82) is 0 Å². The molecule has 1 N–H and O–H groups in total. The number of carbonyl (C=O) groups excluding carboxylic acids is 2. The van der Waals surface area contributed by atoms with Crippen molar-refractivity contribution in [2.75, 3.05) is 39.3 Å². The summed E-state index contributed by atoms with van der Waals surface area (Å²) in [4.78, 5) is 42.5. The van der Waals surface area contributed by atoms with Crippen LogP contribution < -0.4 is 5.32 Å². The Morgan fingerprint density at radius 3 is 2.22 bits per heavy atom. The van der Waals surface area contributed by atoms with Crippen molar-refractivity contribution in [2.24, 2.45) is 5.92 Å². The number of hydrogen-bond donors (Lipinski definition) is 1. The van der Waals surface area contributed by atoms with Crippen molar-refractivity contribution in [3.63, 3.8) is 0 Å². The molecular formula is C36H52N6O3. The van der Waals surface area contributed by atoms with E-state index < -0.39 is 0 Å². The Labute approximate surface area is 269 Å². The Morgan fingerprint density at radius 1 is 0.956 bits per heavy atom. The van der Waals surface area contributed by atoms with E-state index in [1.165, 1.54) is 11.9 Å². The maximum absolute atomic E-state index is 13.7. The van der Waals surface area contributed by atoms with Crippen LogP contribution in [0.5, 0.6) is 0 Å². The second kappa shape index (κ2) is 13.4. The molecule has 0 unspecified atom stereocenters. The molecular weight excluding hydrogens is 564 g/mol. The van der Waals surface area contributed by atoms with Crippen LogP contribution in [-0.2, 0) is 10.3 Å². The molecule has 1 saturated carbocycles. The minimum Gasteiger partial charge on any atom is -0.379 e. The number of aryl methyl sites for hydroxylation is 2. The largest absolute Gasteiger partial charge is 0.379 e. The van der Waals surface area contributed by atoms with Crippen LogP contribution >= 0.6 is 0 Å². The maximum Gasteiger partial charge on any atom is 0.318 e. The van der Waals surface area contributed by atoms with Crippen LogP contribution in [0.15, 0.2) is 36.7 Å². The highest BCUT2D eigenvalue weighted by molar-refractivity contribution is 5.96. The first kappa shape index (κ1) is 31.9. The fourth-order valence-electron chi connectivity index (χ4n) is 8.83. The normalized spacial score (nSPS) is 27.9. The highest BCUT2D eigenvalue weighted by atomic mass is 16.5. The van der Waals surface area contributed by atoms with E-state index >= 15 is 0 Å². The molecule has 0 spiro atoms. The van der Waals surface area contributed by atoms with Gasteiger partial charge in [-0.05, 0) is 97.0 Å². The first-order valence-electron chi connectivity index (χ1n) is 17.3. The second-order valence-electron chi connectivity index (χ2n) is 14.2. The van der Waals surface area contributed by atoms with E-state index in [0.717, 1.165) is 102 Å². The Balaban J connectivity index is 1.12. The lowest BCUT2D eigenvalue weighted by atomic mass is 9.74. The topological polar surface area (TPSA) is 90.9 Å². The highest BCUT2D eigenvalue weighted by Crippen LogP contribution is 2.45. The summed E-state index contributed by atoms with van der Waals surface area (Å²) < 4.78 is 5.95. The molecule has 4 aliphatic rings. The molecule has 1 aromatic carbocycles. The Bertz CT molecular complexity index is 1310. The fourth-order valence-corrected chi connectivity index (χ4v) is 8.83. The lowest BCUT2D eigenvalue weighted by Gasteiger charge is -2.52. The third-order valence-corrected chi connectivity index (χ3v) is 11.5. The molecule has 1 aliphatic carbocycles. The lowest BCUT2D eigenvalue weighted by Crippen LogP contribution is -2.60. The van der Waals surface area contributed by atoms with Gasteiger partial charge in [0.25, 0.3) is 5.91 Å². The Morgan fingerprint density at radius 2 is 1.60 bits per heavy atom. The minimum absolute atomic E-state index is 0.0437. The van der Waals surface area contributed by atoms with Crippen LogP contribution in [0, 0.1) is 19.8 Å². The molecule has 3 aliphatic heterocycles. The average Bonchev–Trinajstić information content (AvgIpc) is 3.39. The van der Waals surface area contributed by atoms with Crippen LogP contribution in [-0.4, -0.2) is 93.6 Å². The second-order valence-corrected chi connectivity index (χ2v) is 14.2. The number of rotatable bonds is 8. The Hall–Kier alpha value is -3.04. The van der Waals surface area contributed by atoms with E-state index in [0.29, 0.717) is 24.1 Å². The van der Waals surface area contributed by atoms with Gasteiger partial charge in [0.15, 0.2) is 0 Å². The van der Waals surface area contributed by atoms with Crippen LogP contribution in [0.4, 0.5) is 4.79 Å². The maximum atomic E-state index is 13.7. The number of likely N-dealkylation sites (tertiary alicyclic amines) is 2. The zero-order valence-corrected chi connectivity index (χ0v) is 27.8. The van der Waals surface area contributed by atoms with Gasteiger partial charge in [-0.1, -0.05) is 30.3 Å². The molecule has 0 radical (unpaired) electrons. The van der Waals surface area contributed by atoms with Crippen LogP contribution in [0.1, 0.15) is 98.9 Å². The number of amides is 3. The van der Waals surface area contributed by atoms with Crippen molar-refractivity contribution in [3.8, 4) is 0 Å². The van der Waals surface area contributed by atoms with E-state index in [1.807, 2.05) is 18.7 Å². The third kappa shape index (κ3) is 6.35. The molecule has 4 fully saturated rings. The van der Waals surface area contributed by atoms with Crippen LogP contribution in [0.3, 0.4) is 0 Å². The van der Waals surface area contributed by atoms with Gasteiger partial charge in [0.05, 0.1) is 28.6 Å². The fraction of sp³-hybridized carbons (Fsp3) is 0.667. The number of nitrogens with one attached hydrogen (secondary N) is 1. The van der Waals surface area contributed by atoms with Gasteiger partial charge in [-0.25, -0.2) is 14.8 Å². The zero-order chi connectivity index (χ0) is 31.6. The van der Waals surface area contributed by atoms with Gasteiger partial charge in [0, 0.05) is 50.9 Å². The summed E-state index contributed by atoms with van der Waals surface area (Å²) in [5.74, 6) is 0.633. The summed E-state index contributed by atoms with van der Waals surface area (Å²) in [6, 6.07) is 11.1. The summed E-state index contributed by atoms with van der Waals surface area (Å²) in [7, 11) is 0. The van der Waals surface area contributed by atoms with Gasteiger partial charge in [-0.2, -0.15) is 0 Å². The number of urea groups is 1. The summed E-state index contributed by atoms with van der Waals surface area (Å²) in [6.07, 6.45) is 11.3. The summed E-state index contributed by atoms with van der Waals surface area (Å²) >= 11 is 0. The number of ether oxygens (including phenoxy) is 1. The van der Waals surface area contributed by atoms with E-state index in [4.69, 9.17) is 4.74 Å². The van der Waals surface area contributed by atoms with Gasteiger partial charge in [0.1, 0.15) is 6.33 Å². The third-order valence-electron chi connectivity index (χ3n) is 11.5. The van der Waals surface area contributed by atoms with Crippen molar-refractivity contribution in [3.05, 3.63) is 59.2 Å². The molecule has 6 rings (SSSR count). The summed E-state index contributed by atoms with van der Waals surface area (Å²) in [5.41, 5.74) is 3.13. The van der Waals surface area contributed by atoms with Crippen LogP contribution in [0.25, 0.3) is 0 Å². The number of piperidine rings is 2. The first-order chi connectivity index (χ1) is 21.7. The van der Waals surface area contributed by atoms with E-state index in [-0.39, 0.29) is 29.1 Å². The van der Waals surface area contributed by atoms with Gasteiger partial charge in [0.2, 0.25) is 0 Å². The monoisotopic (exact) mass is 616 g/mol. The van der Waals surface area contributed by atoms with Gasteiger partial charge in [-0.3, -0.25) is 9.69 Å². The number of nitrogens with zero attached hydrogens (tertiary/aromatic N) is 5. The van der Waals surface area contributed by atoms with Gasteiger partial charge < -0.3 is 19.9 Å².